The number of nitrogens with zero attached hydrogens (tertiary/aromatic N) is 1. The summed E-state index contributed by atoms with van der Waals surface area (Å²) in [5, 5.41) is 0. The number of hydrogen-bond acceptors (Lipinski definition) is 4. The summed E-state index contributed by atoms with van der Waals surface area (Å²) < 4.78 is 5.47. The standard InChI is InChI=1S/C17H18N2O2S/c18-13-4-1-5-14-12(13)3-2-7-19(14)17(20)16-9-11-10-21-8-6-15(11)22-16/h1,4-5,9H,2-3,6-8,10,18H2. The highest BCUT2D eigenvalue weighted by molar-refractivity contribution is 7.14. The average Bonchev–Trinajstić information content (AvgIpc) is 2.98. The predicted octanol–water partition coefficient (Wildman–Crippen LogP) is 3.00. The monoisotopic (exact) mass is 314 g/mol. The lowest BCUT2D eigenvalue weighted by Crippen LogP contribution is -2.35. The van der Waals surface area contributed by atoms with Gasteiger partial charge < -0.3 is 15.4 Å². The van der Waals surface area contributed by atoms with Crippen molar-refractivity contribution in [2.45, 2.75) is 25.9 Å². The number of ether oxygens (including phenoxy) is 1. The van der Waals surface area contributed by atoms with Gasteiger partial charge in [0, 0.05) is 29.2 Å². The van der Waals surface area contributed by atoms with E-state index in [-0.39, 0.29) is 5.91 Å². The third kappa shape index (κ3) is 2.21. The summed E-state index contributed by atoms with van der Waals surface area (Å²) in [5.41, 5.74) is 10.1. The minimum absolute atomic E-state index is 0.0888. The Balaban J connectivity index is 1.69. The van der Waals surface area contributed by atoms with E-state index in [2.05, 4.69) is 0 Å². The van der Waals surface area contributed by atoms with Gasteiger partial charge in [0.1, 0.15) is 0 Å². The van der Waals surface area contributed by atoms with Crippen LogP contribution in [0.25, 0.3) is 0 Å². The maximum atomic E-state index is 12.9. The highest BCUT2D eigenvalue weighted by atomic mass is 32.1. The van der Waals surface area contributed by atoms with E-state index in [1.807, 2.05) is 29.2 Å². The maximum Gasteiger partial charge on any atom is 0.268 e. The molecule has 0 bridgehead atoms. The van der Waals surface area contributed by atoms with Crippen LogP contribution < -0.4 is 10.6 Å². The summed E-state index contributed by atoms with van der Waals surface area (Å²) >= 11 is 1.61. The molecular formula is C17H18N2O2S. The molecule has 0 saturated carbocycles. The van der Waals surface area contributed by atoms with Crippen molar-refractivity contribution in [2.24, 2.45) is 0 Å². The number of fused-ring (bicyclic) bond motifs is 2. The molecular weight excluding hydrogens is 296 g/mol. The van der Waals surface area contributed by atoms with E-state index in [0.717, 1.165) is 54.2 Å². The molecule has 3 heterocycles. The molecule has 4 nitrogen and oxygen atoms in total. The van der Waals surface area contributed by atoms with Crippen molar-refractivity contribution in [1.29, 1.82) is 0 Å². The summed E-state index contributed by atoms with van der Waals surface area (Å²) in [4.78, 5) is 16.9. The van der Waals surface area contributed by atoms with Crippen LogP contribution in [0.3, 0.4) is 0 Å². The Kier molecular flexibility index (Phi) is 3.39. The van der Waals surface area contributed by atoms with E-state index < -0.39 is 0 Å². The lowest BCUT2D eigenvalue weighted by Gasteiger charge is -2.30. The first-order chi connectivity index (χ1) is 10.7. The zero-order valence-corrected chi connectivity index (χ0v) is 13.1. The molecule has 1 amide bonds. The summed E-state index contributed by atoms with van der Waals surface area (Å²) in [7, 11) is 0. The largest absolute Gasteiger partial charge is 0.398 e. The van der Waals surface area contributed by atoms with Crippen LogP contribution in [0.5, 0.6) is 0 Å². The zero-order chi connectivity index (χ0) is 15.1. The Labute approximate surface area is 133 Å². The first kappa shape index (κ1) is 13.8. The lowest BCUT2D eigenvalue weighted by molar-refractivity contribution is 0.0988. The minimum atomic E-state index is 0.0888. The molecule has 5 heteroatoms. The Bertz CT molecular complexity index is 715. The zero-order valence-electron chi connectivity index (χ0n) is 12.3. The molecule has 0 unspecified atom stereocenters. The van der Waals surface area contributed by atoms with Crippen molar-refractivity contribution < 1.29 is 9.53 Å². The van der Waals surface area contributed by atoms with Gasteiger partial charge in [0.2, 0.25) is 0 Å². The second-order valence-electron chi connectivity index (χ2n) is 5.77. The molecule has 0 fully saturated rings. The summed E-state index contributed by atoms with van der Waals surface area (Å²) in [6.45, 7) is 2.14. The second kappa shape index (κ2) is 5.41. The first-order valence-corrected chi connectivity index (χ1v) is 8.44. The van der Waals surface area contributed by atoms with Crippen molar-refractivity contribution in [1.82, 2.24) is 0 Å². The molecule has 0 spiro atoms. The molecule has 0 atom stereocenters. The normalized spacial score (nSPS) is 17.0. The molecule has 2 aliphatic rings. The van der Waals surface area contributed by atoms with Crippen LogP contribution in [0.2, 0.25) is 0 Å². The molecule has 22 heavy (non-hydrogen) atoms. The van der Waals surface area contributed by atoms with Gasteiger partial charge in [-0.1, -0.05) is 6.07 Å². The number of rotatable bonds is 1. The summed E-state index contributed by atoms with van der Waals surface area (Å²) in [5.74, 6) is 0.0888. The maximum absolute atomic E-state index is 12.9. The van der Waals surface area contributed by atoms with Crippen molar-refractivity contribution in [2.75, 3.05) is 23.8 Å². The highest BCUT2D eigenvalue weighted by Gasteiger charge is 2.27. The van der Waals surface area contributed by atoms with E-state index in [9.17, 15) is 4.79 Å². The Morgan fingerprint density at radius 2 is 2.23 bits per heavy atom. The number of carbonyl (C=O) groups is 1. The molecule has 0 saturated heterocycles. The van der Waals surface area contributed by atoms with Crippen LogP contribution in [0.1, 0.15) is 32.1 Å². The summed E-state index contributed by atoms with van der Waals surface area (Å²) in [6, 6.07) is 7.84. The third-order valence-electron chi connectivity index (χ3n) is 4.37. The number of nitrogen functional groups attached to an aromatic ring is 1. The van der Waals surface area contributed by atoms with Crippen LogP contribution in [-0.2, 0) is 24.2 Å². The van der Waals surface area contributed by atoms with Gasteiger partial charge in [0.25, 0.3) is 5.91 Å². The van der Waals surface area contributed by atoms with E-state index in [0.29, 0.717) is 6.61 Å². The van der Waals surface area contributed by atoms with Gasteiger partial charge in [-0.2, -0.15) is 0 Å². The van der Waals surface area contributed by atoms with Gasteiger partial charge in [-0.3, -0.25) is 4.79 Å². The van der Waals surface area contributed by atoms with Crippen LogP contribution >= 0.6 is 11.3 Å². The number of nitrogens with two attached hydrogens (primary N) is 1. The fourth-order valence-electron chi connectivity index (χ4n) is 3.25. The highest BCUT2D eigenvalue weighted by Crippen LogP contribution is 2.34. The molecule has 2 aliphatic heterocycles. The molecule has 0 radical (unpaired) electrons. The van der Waals surface area contributed by atoms with Crippen molar-refractivity contribution >= 4 is 28.6 Å². The second-order valence-corrected chi connectivity index (χ2v) is 6.90. The lowest BCUT2D eigenvalue weighted by atomic mass is 9.99. The fraction of sp³-hybridized carbons (Fsp3) is 0.353. The van der Waals surface area contributed by atoms with E-state index in [1.165, 1.54) is 10.4 Å². The predicted molar refractivity (Wildman–Crippen MR) is 88.5 cm³/mol. The van der Waals surface area contributed by atoms with Crippen molar-refractivity contribution in [3.8, 4) is 0 Å². The van der Waals surface area contributed by atoms with Gasteiger partial charge in [0.05, 0.1) is 18.1 Å². The van der Waals surface area contributed by atoms with E-state index in [1.54, 1.807) is 11.3 Å². The van der Waals surface area contributed by atoms with Gasteiger partial charge in [-0.25, -0.2) is 0 Å². The van der Waals surface area contributed by atoms with Crippen molar-refractivity contribution in [3.05, 3.63) is 45.1 Å². The van der Waals surface area contributed by atoms with Crippen LogP contribution in [0.4, 0.5) is 11.4 Å². The topological polar surface area (TPSA) is 55.6 Å². The molecule has 1 aromatic carbocycles. The molecule has 2 N–H and O–H groups in total. The van der Waals surface area contributed by atoms with E-state index >= 15 is 0 Å². The van der Waals surface area contributed by atoms with Gasteiger partial charge in [-0.15, -0.1) is 11.3 Å². The van der Waals surface area contributed by atoms with Crippen molar-refractivity contribution in [3.63, 3.8) is 0 Å². The molecule has 2 aromatic rings. The quantitative estimate of drug-likeness (QED) is 0.823. The first-order valence-electron chi connectivity index (χ1n) is 7.62. The smallest absolute Gasteiger partial charge is 0.268 e. The SMILES string of the molecule is Nc1cccc2c1CCCN2C(=O)c1cc2c(s1)CCOC2. The Morgan fingerprint density at radius 1 is 1.32 bits per heavy atom. The Morgan fingerprint density at radius 3 is 3.09 bits per heavy atom. The van der Waals surface area contributed by atoms with Gasteiger partial charge in [0.15, 0.2) is 0 Å². The fourth-order valence-corrected chi connectivity index (χ4v) is 4.35. The Hall–Kier alpha value is -1.85. The minimum Gasteiger partial charge on any atom is -0.398 e. The van der Waals surface area contributed by atoms with E-state index in [4.69, 9.17) is 10.5 Å². The number of hydrogen-bond donors (Lipinski definition) is 1. The van der Waals surface area contributed by atoms with Crippen LogP contribution in [-0.4, -0.2) is 19.1 Å². The van der Waals surface area contributed by atoms with Gasteiger partial charge >= 0.3 is 0 Å². The number of carbonyl (C=O) groups excluding carboxylic acids is 1. The van der Waals surface area contributed by atoms with Crippen LogP contribution in [0.15, 0.2) is 24.3 Å². The third-order valence-corrected chi connectivity index (χ3v) is 5.60. The van der Waals surface area contributed by atoms with Crippen LogP contribution in [0, 0.1) is 0 Å². The number of amides is 1. The molecule has 1 aromatic heterocycles. The number of benzene rings is 1. The molecule has 114 valence electrons. The van der Waals surface area contributed by atoms with Gasteiger partial charge in [-0.05, 0) is 42.2 Å². The number of anilines is 2. The summed E-state index contributed by atoms with van der Waals surface area (Å²) in [6.07, 6.45) is 2.82. The molecule has 4 rings (SSSR count). The molecule has 0 aliphatic carbocycles. The number of thiophene rings is 1. The average molecular weight is 314 g/mol.